The number of nitrogens with two attached hydrogens (primary N) is 1. The summed E-state index contributed by atoms with van der Waals surface area (Å²) in [5.41, 5.74) is 9.68. The second-order valence-corrected chi connectivity index (χ2v) is 4.93. The number of carbonyl (C=O) groups excluding carboxylic acids is 1. The molecule has 3 N–H and O–H groups in total. The van der Waals surface area contributed by atoms with Crippen molar-refractivity contribution in [2.45, 2.75) is 12.3 Å². The van der Waals surface area contributed by atoms with Crippen LogP contribution in [0.5, 0.6) is 0 Å². The molecule has 0 aliphatic heterocycles. The Morgan fingerprint density at radius 3 is 2.63 bits per heavy atom. The van der Waals surface area contributed by atoms with Gasteiger partial charge in [0.1, 0.15) is 0 Å². The first-order valence-corrected chi connectivity index (χ1v) is 6.45. The van der Waals surface area contributed by atoms with Gasteiger partial charge < -0.3 is 11.1 Å². The lowest BCUT2D eigenvalue weighted by atomic mass is 9.77. The first-order valence-electron chi connectivity index (χ1n) is 6.45. The molecule has 3 rings (SSSR count). The first-order chi connectivity index (χ1) is 9.24. The Bertz CT molecular complexity index is 604. The molecular weight excluding hydrogens is 236 g/mol. The first kappa shape index (κ1) is 11.8. The summed E-state index contributed by atoms with van der Waals surface area (Å²) in [4.78, 5) is 12.0. The van der Waals surface area contributed by atoms with Crippen LogP contribution in [0.2, 0.25) is 0 Å². The summed E-state index contributed by atoms with van der Waals surface area (Å²) < 4.78 is 0. The zero-order valence-corrected chi connectivity index (χ0v) is 10.6. The van der Waals surface area contributed by atoms with Crippen molar-refractivity contribution in [2.75, 3.05) is 12.3 Å². The number of amides is 1. The lowest BCUT2D eigenvalue weighted by Crippen LogP contribution is -2.33. The highest BCUT2D eigenvalue weighted by Crippen LogP contribution is 2.33. The highest BCUT2D eigenvalue weighted by Gasteiger charge is 2.25. The van der Waals surface area contributed by atoms with E-state index in [1.165, 1.54) is 11.1 Å². The fraction of sp³-hybridized carbons (Fsp3) is 0.188. The molecule has 96 valence electrons. The van der Waals surface area contributed by atoms with E-state index in [1.54, 1.807) is 24.3 Å². The van der Waals surface area contributed by atoms with Gasteiger partial charge in [0.05, 0.1) is 0 Å². The van der Waals surface area contributed by atoms with Crippen LogP contribution in [-0.2, 0) is 6.42 Å². The molecule has 3 heteroatoms. The van der Waals surface area contributed by atoms with Crippen LogP contribution in [0.3, 0.4) is 0 Å². The predicted molar refractivity (Wildman–Crippen MR) is 76.1 cm³/mol. The molecule has 1 unspecified atom stereocenters. The Morgan fingerprint density at radius 2 is 1.89 bits per heavy atom. The molecule has 1 aliphatic carbocycles. The number of hydrogen-bond donors (Lipinski definition) is 2. The van der Waals surface area contributed by atoms with E-state index in [-0.39, 0.29) is 5.91 Å². The summed E-state index contributed by atoms with van der Waals surface area (Å²) in [5, 5.41) is 2.98. The van der Waals surface area contributed by atoms with Crippen LogP contribution in [0.25, 0.3) is 0 Å². The van der Waals surface area contributed by atoms with Crippen molar-refractivity contribution in [3.63, 3.8) is 0 Å². The molecule has 0 bridgehead atoms. The summed E-state index contributed by atoms with van der Waals surface area (Å²) in [5.74, 6) is 0.415. The maximum absolute atomic E-state index is 12.0. The van der Waals surface area contributed by atoms with Crippen LogP contribution < -0.4 is 11.1 Å². The molecule has 3 nitrogen and oxygen atoms in total. The third-order valence-electron chi connectivity index (χ3n) is 3.64. The van der Waals surface area contributed by atoms with E-state index in [9.17, 15) is 4.79 Å². The van der Waals surface area contributed by atoms with E-state index in [1.807, 2.05) is 6.07 Å². The van der Waals surface area contributed by atoms with Gasteiger partial charge >= 0.3 is 0 Å². The number of hydrogen-bond acceptors (Lipinski definition) is 2. The Kier molecular flexibility index (Phi) is 2.95. The third-order valence-corrected chi connectivity index (χ3v) is 3.64. The third kappa shape index (κ3) is 2.32. The molecule has 19 heavy (non-hydrogen) atoms. The van der Waals surface area contributed by atoms with Crippen molar-refractivity contribution < 1.29 is 4.79 Å². The number of fused-ring (bicyclic) bond motifs is 1. The molecule has 0 aromatic heterocycles. The number of rotatable bonds is 3. The number of benzene rings is 2. The van der Waals surface area contributed by atoms with Crippen molar-refractivity contribution in [1.29, 1.82) is 0 Å². The smallest absolute Gasteiger partial charge is 0.251 e. The molecule has 0 fully saturated rings. The van der Waals surface area contributed by atoms with Gasteiger partial charge in [-0.05, 0) is 41.8 Å². The fourth-order valence-corrected chi connectivity index (χ4v) is 2.50. The van der Waals surface area contributed by atoms with Crippen LogP contribution in [0.1, 0.15) is 27.4 Å². The highest BCUT2D eigenvalue weighted by atomic mass is 16.1. The van der Waals surface area contributed by atoms with Crippen molar-refractivity contribution in [2.24, 2.45) is 0 Å². The summed E-state index contributed by atoms with van der Waals surface area (Å²) in [7, 11) is 0. The summed E-state index contributed by atoms with van der Waals surface area (Å²) in [6, 6.07) is 15.4. The van der Waals surface area contributed by atoms with E-state index in [0.717, 1.165) is 6.42 Å². The van der Waals surface area contributed by atoms with E-state index in [2.05, 4.69) is 23.5 Å². The van der Waals surface area contributed by atoms with Gasteiger partial charge in [-0.15, -0.1) is 0 Å². The average molecular weight is 252 g/mol. The number of nitrogen functional groups attached to an aromatic ring is 1. The maximum Gasteiger partial charge on any atom is 0.251 e. The van der Waals surface area contributed by atoms with Crippen LogP contribution in [0, 0.1) is 0 Å². The van der Waals surface area contributed by atoms with Crippen LogP contribution in [0.4, 0.5) is 5.69 Å². The number of nitrogens with one attached hydrogen (secondary N) is 1. The van der Waals surface area contributed by atoms with Gasteiger partial charge in [0.25, 0.3) is 5.91 Å². The normalized spacial score (nSPS) is 16.3. The van der Waals surface area contributed by atoms with Gasteiger partial charge in [-0.2, -0.15) is 0 Å². The van der Waals surface area contributed by atoms with Gasteiger partial charge in [0, 0.05) is 23.7 Å². The van der Waals surface area contributed by atoms with Gasteiger partial charge in [-0.3, -0.25) is 4.79 Å². The Morgan fingerprint density at radius 1 is 1.16 bits per heavy atom. The lowest BCUT2D eigenvalue weighted by molar-refractivity contribution is 0.0950. The molecule has 1 atom stereocenters. The van der Waals surface area contributed by atoms with Crippen LogP contribution >= 0.6 is 0 Å². The predicted octanol–water partition coefficient (Wildman–Crippen LogP) is 2.34. The number of anilines is 1. The van der Waals surface area contributed by atoms with E-state index in [0.29, 0.717) is 23.7 Å². The number of carbonyl (C=O) groups is 1. The Hall–Kier alpha value is -2.29. The maximum atomic E-state index is 12.0. The average Bonchev–Trinajstić information content (AvgIpc) is 2.40. The zero-order chi connectivity index (χ0) is 13.2. The fourth-order valence-electron chi connectivity index (χ4n) is 2.50. The highest BCUT2D eigenvalue weighted by molar-refractivity contribution is 5.94. The van der Waals surface area contributed by atoms with Crippen molar-refractivity contribution in [3.8, 4) is 0 Å². The van der Waals surface area contributed by atoms with Crippen molar-refractivity contribution >= 4 is 11.6 Å². The quantitative estimate of drug-likeness (QED) is 0.824. The summed E-state index contributed by atoms with van der Waals surface area (Å²) >= 11 is 0. The SMILES string of the molecule is Nc1ccc(C(=O)NCC2Cc3ccccc32)cc1. The molecule has 1 aliphatic rings. The van der Waals surface area contributed by atoms with Crippen LogP contribution in [0.15, 0.2) is 48.5 Å². The molecule has 0 radical (unpaired) electrons. The molecule has 0 saturated carbocycles. The Balaban J connectivity index is 1.59. The van der Waals surface area contributed by atoms with Crippen LogP contribution in [-0.4, -0.2) is 12.5 Å². The van der Waals surface area contributed by atoms with E-state index in [4.69, 9.17) is 5.73 Å². The van der Waals surface area contributed by atoms with Gasteiger partial charge in [0.2, 0.25) is 0 Å². The summed E-state index contributed by atoms with van der Waals surface area (Å²) in [6.07, 6.45) is 1.05. The minimum Gasteiger partial charge on any atom is -0.399 e. The standard InChI is InChI=1S/C16H16N2O/c17-14-7-5-11(6-8-14)16(19)18-10-13-9-12-3-1-2-4-15(12)13/h1-8,13H,9-10,17H2,(H,18,19). The van der Waals surface area contributed by atoms with Gasteiger partial charge in [-0.25, -0.2) is 0 Å². The second kappa shape index (κ2) is 4.76. The largest absolute Gasteiger partial charge is 0.399 e. The van der Waals surface area contributed by atoms with Crippen molar-refractivity contribution in [3.05, 3.63) is 65.2 Å². The van der Waals surface area contributed by atoms with E-state index >= 15 is 0 Å². The summed E-state index contributed by atoms with van der Waals surface area (Å²) in [6.45, 7) is 0.695. The molecule has 0 saturated heterocycles. The zero-order valence-electron chi connectivity index (χ0n) is 10.6. The molecule has 2 aromatic rings. The molecule has 1 amide bonds. The lowest BCUT2D eigenvalue weighted by Gasteiger charge is -2.30. The molecule has 0 heterocycles. The minimum atomic E-state index is -0.0376. The van der Waals surface area contributed by atoms with Gasteiger partial charge in [0.15, 0.2) is 0 Å². The second-order valence-electron chi connectivity index (χ2n) is 4.93. The topological polar surface area (TPSA) is 55.1 Å². The monoisotopic (exact) mass is 252 g/mol. The molecular formula is C16H16N2O. The molecule has 0 spiro atoms. The Labute approximate surface area is 112 Å². The van der Waals surface area contributed by atoms with E-state index < -0.39 is 0 Å². The minimum absolute atomic E-state index is 0.0376. The van der Waals surface area contributed by atoms with Gasteiger partial charge in [-0.1, -0.05) is 24.3 Å². The van der Waals surface area contributed by atoms with Crippen molar-refractivity contribution in [1.82, 2.24) is 5.32 Å². The molecule has 2 aromatic carbocycles.